The van der Waals surface area contributed by atoms with Crippen molar-refractivity contribution in [3.8, 4) is 5.75 Å². The molecule has 23 heavy (non-hydrogen) atoms. The van der Waals surface area contributed by atoms with Gasteiger partial charge in [-0.05, 0) is 36.2 Å². The zero-order valence-electron chi connectivity index (χ0n) is 13.1. The maximum atomic E-state index is 12.5. The van der Waals surface area contributed by atoms with Crippen LogP contribution in [-0.4, -0.2) is 25.5 Å². The molecule has 1 aliphatic heterocycles. The molecular formula is C18H18N2O3. The van der Waals surface area contributed by atoms with Crippen molar-refractivity contribution in [1.29, 1.82) is 0 Å². The lowest BCUT2D eigenvalue weighted by Gasteiger charge is -2.27. The van der Waals surface area contributed by atoms with Gasteiger partial charge >= 0.3 is 0 Å². The minimum Gasteiger partial charge on any atom is -0.481 e. The maximum absolute atomic E-state index is 12.5. The van der Waals surface area contributed by atoms with Gasteiger partial charge in [-0.1, -0.05) is 25.1 Å². The lowest BCUT2D eigenvalue weighted by molar-refractivity contribution is -0.121. The van der Waals surface area contributed by atoms with Gasteiger partial charge in [0.1, 0.15) is 0 Å². The Bertz CT molecular complexity index is 753. The molecule has 1 N–H and O–H groups in total. The molecule has 2 aromatic rings. The molecule has 1 heterocycles. The summed E-state index contributed by atoms with van der Waals surface area (Å²) < 4.78 is 5.48. The predicted octanol–water partition coefficient (Wildman–Crippen LogP) is 2.86. The molecule has 5 heteroatoms. The highest BCUT2D eigenvalue weighted by Gasteiger charge is 2.26. The van der Waals surface area contributed by atoms with Crippen LogP contribution in [0.5, 0.6) is 5.75 Å². The summed E-state index contributed by atoms with van der Waals surface area (Å²) in [6, 6.07) is 12.9. The number of likely N-dealkylation sites (N-methyl/N-ethyl adjacent to an activating group) is 1. The number of nitrogens with one attached hydrogen (secondary N) is 1. The number of rotatable bonds is 3. The minimum absolute atomic E-state index is 0.0566. The van der Waals surface area contributed by atoms with Gasteiger partial charge in [-0.2, -0.15) is 0 Å². The minimum atomic E-state index is -0.256. The number of hydrogen-bond donors (Lipinski definition) is 1. The molecule has 0 unspecified atom stereocenters. The number of benzene rings is 2. The lowest BCUT2D eigenvalue weighted by Crippen LogP contribution is -2.36. The van der Waals surface area contributed by atoms with E-state index in [0.717, 1.165) is 12.1 Å². The van der Waals surface area contributed by atoms with Crippen LogP contribution >= 0.6 is 0 Å². The third-order valence-corrected chi connectivity index (χ3v) is 3.93. The zero-order valence-corrected chi connectivity index (χ0v) is 13.1. The molecule has 0 radical (unpaired) electrons. The number of fused-ring (bicyclic) bond motifs is 1. The molecule has 0 fully saturated rings. The van der Waals surface area contributed by atoms with Crippen LogP contribution in [-0.2, 0) is 11.2 Å². The molecule has 2 aromatic carbocycles. The monoisotopic (exact) mass is 310 g/mol. The summed E-state index contributed by atoms with van der Waals surface area (Å²) >= 11 is 0. The van der Waals surface area contributed by atoms with Crippen LogP contribution in [0.25, 0.3) is 0 Å². The highest BCUT2D eigenvalue weighted by atomic mass is 16.5. The molecule has 1 aliphatic rings. The topological polar surface area (TPSA) is 58.6 Å². The van der Waals surface area contributed by atoms with E-state index in [1.807, 2.05) is 24.3 Å². The first-order valence-corrected chi connectivity index (χ1v) is 7.53. The van der Waals surface area contributed by atoms with Gasteiger partial charge in [-0.25, -0.2) is 0 Å². The van der Waals surface area contributed by atoms with Crippen LogP contribution in [0.2, 0.25) is 0 Å². The highest BCUT2D eigenvalue weighted by molar-refractivity contribution is 6.09. The van der Waals surface area contributed by atoms with E-state index >= 15 is 0 Å². The smallest absolute Gasteiger partial charge is 0.264 e. The van der Waals surface area contributed by atoms with Crippen molar-refractivity contribution in [2.75, 3.05) is 23.9 Å². The highest BCUT2D eigenvalue weighted by Crippen LogP contribution is 2.34. The van der Waals surface area contributed by atoms with Gasteiger partial charge in [0, 0.05) is 12.7 Å². The number of amides is 2. The quantitative estimate of drug-likeness (QED) is 0.948. The molecule has 0 aliphatic carbocycles. The standard InChI is InChI=1S/C18H18N2O3/c1-3-12-7-9-13(10-8-12)19-18(22)14-5-4-6-15-17(14)23-11-16(21)20(15)2/h4-10H,3,11H2,1-2H3,(H,19,22). The van der Waals surface area contributed by atoms with Gasteiger partial charge < -0.3 is 15.0 Å². The molecule has 0 saturated carbocycles. The van der Waals surface area contributed by atoms with Crippen LogP contribution < -0.4 is 15.0 Å². The predicted molar refractivity (Wildman–Crippen MR) is 89.1 cm³/mol. The molecule has 0 atom stereocenters. The van der Waals surface area contributed by atoms with E-state index in [1.165, 1.54) is 10.5 Å². The van der Waals surface area contributed by atoms with Crippen LogP contribution in [0.15, 0.2) is 42.5 Å². The summed E-state index contributed by atoms with van der Waals surface area (Å²) in [5.74, 6) is 0.0522. The third kappa shape index (κ3) is 2.90. The Morgan fingerprint density at radius 3 is 2.65 bits per heavy atom. The fraction of sp³-hybridized carbons (Fsp3) is 0.222. The summed E-state index contributed by atoms with van der Waals surface area (Å²) in [5.41, 5.74) is 2.96. The van der Waals surface area contributed by atoms with Gasteiger partial charge in [-0.3, -0.25) is 9.59 Å². The van der Waals surface area contributed by atoms with E-state index in [0.29, 0.717) is 17.0 Å². The van der Waals surface area contributed by atoms with Crippen molar-refractivity contribution in [2.45, 2.75) is 13.3 Å². The Kier molecular flexibility index (Phi) is 4.02. The van der Waals surface area contributed by atoms with Crippen LogP contribution in [0.3, 0.4) is 0 Å². The second-order valence-electron chi connectivity index (χ2n) is 5.40. The lowest BCUT2D eigenvalue weighted by atomic mass is 10.1. The molecule has 118 valence electrons. The van der Waals surface area contributed by atoms with Crippen molar-refractivity contribution in [3.63, 3.8) is 0 Å². The van der Waals surface area contributed by atoms with Crippen LogP contribution in [0.1, 0.15) is 22.8 Å². The van der Waals surface area contributed by atoms with Crippen molar-refractivity contribution in [3.05, 3.63) is 53.6 Å². The molecule has 0 saturated heterocycles. The Hall–Kier alpha value is -2.82. The van der Waals surface area contributed by atoms with Gasteiger partial charge in [0.15, 0.2) is 12.4 Å². The molecular weight excluding hydrogens is 292 g/mol. The van der Waals surface area contributed by atoms with E-state index in [1.54, 1.807) is 25.2 Å². The van der Waals surface area contributed by atoms with Crippen molar-refractivity contribution in [2.24, 2.45) is 0 Å². The average molecular weight is 310 g/mol. The summed E-state index contributed by atoms with van der Waals surface area (Å²) in [4.78, 5) is 25.7. The summed E-state index contributed by atoms with van der Waals surface area (Å²) in [7, 11) is 1.68. The summed E-state index contributed by atoms with van der Waals surface area (Å²) in [6.45, 7) is 2.03. The van der Waals surface area contributed by atoms with E-state index in [-0.39, 0.29) is 18.4 Å². The van der Waals surface area contributed by atoms with Gasteiger partial charge in [0.25, 0.3) is 11.8 Å². The molecule has 5 nitrogen and oxygen atoms in total. The molecule has 0 aromatic heterocycles. The molecule has 0 bridgehead atoms. The Balaban J connectivity index is 1.86. The van der Waals surface area contributed by atoms with Gasteiger partial charge in [0.2, 0.25) is 0 Å². The second-order valence-corrected chi connectivity index (χ2v) is 5.40. The number of anilines is 2. The van der Waals surface area contributed by atoms with Crippen molar-refractivity contribution in [1.82, 2.24) is 0 Å². The zero-order chi connectivity index (χ0) is 16.4. The number of carbonyl (C=O) groups excluding carboxylic acids is 2. The number of para-hydroxylation sites is 1. The molecule has 0 spiro atoms. The Labute approximate surface area is 134 Å². The van der Waals surface area contributed by atoms with Crippen LogP contribution in [0.4, 0.5) is 11.4 Å². The average Bonchev–Trinajstić information content (AvgIpc) is 2.58. The number of ether oxygens (including phenoxy) is 1. The maximum Gasteiger partial charge on any atom is 0.264 e. The number of carbonyl (C=O) groups is 2. The van der Waals surface area contributed by atoms with Gasteiger partial charge in [0.05, 0.1) is 11.3 Å². The first-order chi connectivity index (χ1) is 11.1. The molecule has 2 amide bonds. The molecule has 3 rings (SSSR count). The van der Waals surface area contributed by atoms with E-state index in [9.17, 15) is 9.59 Å². The summed E-state index contributed by atoms with van der Waals surface area (Å²) in [6.07, 6.45) is 0.953. The van der Waals surface area contributed by atoms with Crippen molar-refractivity contribution < 1.29 is 14.3 Å². The number of hydrogen-bond acceptors (Lipinski definition) is 3. The van der Waals surface area contributed by atoms with E-state index in [2.05, 4.69) is 12.2 Å². The van der Waals surface area contributed by atoms with E-state index in [4.69, 9.17) is 4.74 Å². The SMILES string of the molecule is CCc1ccc(NC(=O)c2cccc3c2OCC(=O)N3C)cc1. The fourth-order valence-corrected chi connectivity index (χ4v) is 2.51. The normalized spacial score (nSPS) is 13.3. The second kappa shape index (κ2) is 6.12. The number of nitrogens with zero attached hydrogens (tertiary/aromatic N) is 1. The Morgan fingerprint density at radius 1 is 1.22 bits per heavy atom. The summed E-state index contributed by atoms with van der Waals surface area (Å²) in [5, 5.41) is 2.86. The van der Waals surface area contributed by atoms with Gasteiger partial charge in [-0.15, -0.1) is 0 Å². The first-order valence-electron chi connectivity index (χ1n) is 7.53. The van der Waals surface area contributed by atoms with Crippen LogP contribution in [0, 0.1) is 0 Å². The fourth-order valence-electron chi connectivity index (χ4n) is 2.51. The third-order valence-electron chi connectivity index (χ3n) is 3.93. The first kappa shape index (κ1) is 15.1. The van der Waals surface area contributed by atoms with Crippen molar-refractivity contribution >= 4 is 23.2 Å². The largest absolute Gasteiger partial charge is 0.481 e. The Morgan fingerprint density at radius 2 is 1.96 bits per heavy atom. The van der Waals surface area contributed by atoms with E-state index < -0.39 is 0 Å². The number of aryl methyl sites for hydroxylation is 1.